The molecule has 2 aliphatic heterocycles. The van der Waals surface area contributed by atoms with Crippen molar-refractivity contribution >= 4 is 12.1 Å². The normalized spacial score (nSPS) is 25.0. The van der Waals surface area contributed by atoms with Gasteiger partial charge in [0.25, 0.3) is 0 Å². The van der Waals surface area contributed by atoms with Crippen LogP contribution >= 0.6 is 0 Å². The predicted molar refractivity (Wildman–Crippen MR) is 98.5 cm³/mol. The zero-order valence-corrected chi connectivity index (χ0v) is 15.9. The van der Waals surface area contributed by atoms with Crippen LogP contribution in [0, 0.1) is 5.92 Å². The molecule has 1 aromatic rings. The van der Waals surface area contributed by atoms with E-state index in [1.807, 2.05) is 56.0 Å². The summed E-state index contributed by atoms with van der Waals surface area (Å²) in [6.07, 6.45) is 3.97. The number of carbonyl (C=O) groups excluding carboxylic acids is 2. The van der Waals surface area contributed by atoms with Crippen LogP contribution in [0.1, 0.15) is 58.4 Å². The monoisotopic (exact) mass is 359 g/mol. The quantitative estimate of drug-likeness (QED) is 0.752. The third-order valence-electron chi connectivity index (χ3n) is 5.24. The van der Waals surface area contributed by atoms with Crippen LogP contribution in [-0.4, -0.2) is 34.6 Å². The lowest BCUT2D eigenvalue weighted by Gasteiger charge is -2.40. The first-order chi connectivity index (χ1) is 12.3. The summed E-state index contributed by atoms with van der Waals surface area (Å²) < 4.78 is 11.0. The van der Waals surface area contributed by atoms with E-state index in [0.717, 1.165) is 31.2 Å². The van der Waals surface area contributed by atoms with Crippen LogP contribution in [-0.2, 0) is 20.9 Å². The third-order valence-corrected chi connectivity index (χ3v) is 5.24. The van der Waals surface area contributed by atoms with Gasteiger partial charge >= 0.3 is 12.1 Å². The molecule has 2 aliphatic rings. The zero-order valence-electron chi connectivity index (χ0n) is 15.9. The highest BCUT2D eigenvalue weighted by Crippen LogP contribution is 2.41. The van der Waals surface area contributed by atoms with Crippen molar-refractivity contribution in [1.29, 1.82) is 0 Å². The minimum atomic E-state index is -0.502. The van der Waals surface area contributed by atoms with Gasteiger partial charge in [-0.2, -0.15) is 0 Å². The van der Waals surface area contributed by atoms with Crippen LogP contribution in [0.15, 0.2) is 30.3 Å². The van der Waals surface area contributed by atoms with Gasteiger partial charge in [-0.05, 0) is 57.9 Å². The van der Waals surface area contributed by atoms with E-state index >= 15 is 0 Å². The molecular weight excluding hydrogens is 330 g/mol. The van der Waals surface area contributed by atoms with Gasteiger partial charge in [0.2, 0.25) is 0 Å². The standard InChI is InChI=1S/C21H29NO4/c1-21(2,3)26-20(24)22-17-10-9-16(18(22)12-11-17)13-19(23)25-14-15-7-5-4-6-8-15/h4-8,16-18H,9-14H2,1-3H3. The summed E-state index contributed by atoms with van der Waals surface area (Å²) in [4.78, 5) is 26.8. The number of piperidine rings is 1. The maximum absolute atomic E-state index is 12.6. The van der Waals surface area contributed by atoms with Crippen LogP contribution in [0.4, 0.5) is 4.79 Å². The van der Waals surface area contributed by atoms with Crippen molar-refractivity contribution in [2.75, 3.05) is 0 Å². The Morgan fingerprint density at radius 2 is 1.77 bits per heavy atom. The van der Waals surface area contributed by atoms with E-state index in [-0.39, 0.29) is 30.1 Å². The summed E-state index contributed by atoms with van der Waals surface area (Å²) in [7, 11) is 0. The van der Waals surface area contributed by atoms with E-state index in [9.17, 15) is 9.59 Å². The molecule has 3 unspecified atom stereocenters. The molecule has 0 aromatic heterocycles. The zero-order chi connectivity index (χ0) is 18.7. The molecule has 1 aromatic carbocycles. The van der Waals surface area contributed by atoms with Gasteiger partial charge in [-0.1, -0.05) is 30.3 Å². The van der Waals surface area contributed by atoms with E-state index < -0.39 is 5.60 Å². The molecule has 2 bridgehead atoms. The predicted octanol–water partition coefficient (Wildman–Crippen LogP) is 4.30. The molecule has 2 fully saturated rings. The Bertz CT molecular complexity index is 637. The van der Waals surface area contributed by atoms with Gasteiger partial charge in [-0.15, -0.1) is 0 Å². The number of carbonyl (C=O) groups is 2. The average Bonchev–Trinajstić information content (AvgIpc) is 2.91. The van der Waals surface area contributed by atoms with E-state index in [4.69, 9.17) is 9.47 Å². The third kappa shape index (κ3) is 4.57. The number of hydrogen-bond donors (Lipinski definition) is 0. The molecular formula is C21H29NO4. The van der Waals surface area contributed by atoms with Crippen molar-refractivity contribution < 1.29 is 19.1 Å². The van der Waals surface area contributed by atoms with E-state index in [2.05, 4.69) is 0 Å². The molecule has 3 rings (SSSR count). The Balaban J connectivity index is 1.56. The van der Waals surface area contributed by atoms with Crippen molar-refractivity contribution in [3.05, 3.63) is 35.9 Å². The molecule has 2 saturated heterocycles. The maximum Gasteiger partial charge on any atom is 0.410 e. The Morgan fingerprint density at radius 1 is 1.08 bits per heavy atom. The fourth-order valence-corrected chi connectivity index (χ4v) is 4.11. The Hall–Kier alpha value is -2.04. The molecule has 0 spiro atoms. The van der Waals surface area contributed by atoms with Crippen molar-refractivity contribution in [3.8, 4) is 0 Å². The lowest BCUT2D eigenvalue weighted by molar-refractivity contribution is -0.147. The van der Waals surface area contributed by atoms with Crippen LogP contribution in [0.3, 0.4) is 0 Å². The highest BCUT2D eigenvalue weighted by Gasteiger charge is 2.46. The molecule has 3 atom stereocenters. The molecule has 5 heteroatoms. The SMILES string of the molecule is CC(C)(C)OC(=O)N1C2CCC(CC(=O)OCc3ccccc3)C1CC2. The first-order valence-corrected chi connectivity index (χ1v) is 9.54. The maximum atomic E-state index is 12.6. The largest absolute Gasteiger partial charge is 0.461 e. The second kappa shape index (κ2) is 7.68. The van der Waals surface area contributed by atoms with Gasteiger partial charge in [0, 0.05) is 12.1 Å². The van der Waals surface area contributed by atoms with Gasteiger partial charge in [0.15, 0.2) is 0 Å². The number of amides is 1. The summed E-state index contributed by atoms with van der Waals surface area (Å²) in [5, 5.41) is 0. The molecule has 0 N–H and O–H groups in total. The highest BCUT2D eigenvalue weighted by atomic mass is 16.6. The first kappa shape index (κ1) is 18.7. The Labute approximate surface area is 155 Å². The second-order valence-corrected chi connectivity index (χ2v) is 8.37. The van der Waals surface area contributed by atoms with Gasteiger partial charge in [0.05, 0.1) is 6.42 Å². The number of fused-ring (bicyclic) bond motifs is 2. The molecule has 1 amide bonds. The smallest absolute Gasteiger partial charge is 0.410 e. The van der Waals surface area contributed by atoms with Crippen LogP contribution < -0.4 is 0 Å². The highest BCUT2D eigenvalue weighted by molar-refractivity contribution is 5.71. The van der Waals surface area contributed by atoms with Crippen molar-refractivity contribution in [1.82, 2.24) is 4.90 Å². The van der Waals surface area contributed by atoms with Gasteiger partial charge in [-0.3, -0.25) is 4.79 Å². The van der Waals surface area contributed by atoms with Crippen molar-refractivity contribution in [2.45, 2.75) is 77.2 Å². The van der Waals surface area contributed by atoms with Crippen LogP contribution in [0.25, 0.3) is 0 Å². The lowest BCUT2D eigenvalue weighted by Crippen LogP contribution is -2.50. The minimum absolute atomic E-state index is 0.0906. The van der Waals surface area contributed by atoms with Crippen LogP contribution in [0.5, 0.6) is 0 Å². The minimum Gasteiger partial charge on any atom is -0.461 e. The molecule has 142 valence electrons. The van der Waals surface area contributed by atoms with E-state index in [1.54, 1.807) is 0 Å². The number of rotatable bonds is 4. The van der Waals surface area contributed by atoms with E-state index in [0.29, 0.717) is 13.0 Å². The summed E-state index contributed by atoms with van der Waals surface area (Å²) in [5.74, 6) is -0.0297. The summed E-state index contributed by atoms with van der Waals surface area (Å²) in [5.41, 5.74) is 0.485. The lowest BCUT2D eigenvalue weighted by atomic mass is 9.88. The molecule has 0 saturated carbocycles. The summed E-state index contributed by atoms with van der Waals surface area (Å²) in [6.45, 7) is 5.95. The van der Waals surface area contributed by atoms with Gasteiger partial charge in [-0.25, -0.2) is 4.79 Å². The van der Waals surface area contributed by atoms with Gasteiger partial charge in [0.1, 0.15) is 12.2 Å². The van der Waals surface area contributed by atoms with Gasteiger partial charge < -0.3 is 14.4 Å². The van der Waals surface area contributed by atoms with Crippen LogP contribution in [0.2, 0.25) is 0 Å². The summed E-state index contributed by atoms with van der Waals surface area (Å²) >= 11 is 0. The number of hydrogen-bond acceptors (Lipinski definition) is 4. The van der Waals surface area contributed by atoms with Crippen molar-refractivity contribution in [2.24, 2.45) is 5.92 Å². The second-order valence-electron chi connectivity index (χ2n) is 8.37. The molecule has 26 heavy (non-hydrogen) atoms. The Morgan fingerprint density at radius 3 is 2.46 bits per heavy atom. The first-order valence-electron chi connectivity index (χ1n) is 9.54. The number of nitrogens with zero attached hydrogens (tertiary/aromatic N) is 1. The Kier molecular flexibility index (Phi) is 5.54. The van der Waals surface area contributed by atoms with Crippen molar-refractivity contribution in [3.63, 3.8) is 0 Å². The number of esters is 1. The fraction of sp³-hybridized carbons (Fsp3) is 0.619. The topological polar surface area (TPSA) is 55.8 Å². The molecule has 2 heterocycles. The average molecular weight is 359 g/mol. The molecule has 0 radical (unpaired) electrons. The fourth-order valence-electron chi connectivity index (χ4n) is 4.11. The molecule has 5 nitrogen and oxygen atoms in total. The molecule has 0 aliphatic carbocycles. The number of ether oxygens (including phenoxy) is 2. The summed E-state index contributed by atoms with van der Waals surface area (Å²) in [6, 6.07) is 10.0. The number of benzene rings is 1. The van der Waals surface area contributed by atoms with E-state index in [1.165, 1.54) is 0 Å².